The number of piperazine rings is 1. The molecule has 1 heterocycles. The predicted molar refractivity (Wildman–Crippen MR) is 56.9 cm³/mol. The highest BCUT2D eigenvalue weighted by atomic mass is 16.1. The molecule has 0 aromatic rings. The van der Waals surface area contributed by atoms with Crippen LogP contribution in [0.2, 0.25) is 0 Å². The first-order valence-electron chi connectivity index (χ1n) is 5.31. The molecule has 82 valence electrons. The molecule has 0 radical (unpaired) electrons. The zero-order valence-corrected chi connectivity index (χ0v) is 9.20. The summed E-state index contributed by atoms with van der Waals surface area (Å²) >= 11 is 0. The van der Waals surface area contributed by atoms with Crippen LogP contribution in [0.25, 0.3) is 0 Å². The van der Waals surface area contributed by atoms with Gasteiger partial charge in [0.25, 0.3) is 0 Å². The van der Waals surface area contributed by atoms with E-state index >= 15 is 0 Å². The van der Waals surface area contributed by atoms with Gasteiger partial charge in [0.1, 0.15) is 0 Å². The Kier molecular flexibility index (Phi) is 4.35. The van der Waals surface area contributed by atoms with Crippen LogP contribution in [0, 0.1) is 5.92 Å². The maximum atomic E-state index is 10.7. The van der Waals surface area contributed by atoms with Crippen molar-refractivity contribution in [2.75, 3.05) is 39.3 Å². The molecule has 1 saturated heterocycles. The average Bonchev–Trinajstić information content (AvgIpc) is 2.06. The molecule has 1 aliphatic heterocycles. The van der Waals surface area contributed by atoms with E-state index in [1.807, 2.05) is 0 Å². The van der Waals surface area contributed by atoms with Gasteiger partial charge < -0.3 is 10.6 Å². The largest absolute Gasteiger partial charge is 0.369 e. The van der Waals surface area contributed by atoms with Crippen LogP contribution in [0.1, 0.15) is 13.8 Å². The Hall–Kier alpha value is -0.610. The number of rotatable bonds is 4. The highest BCUT2D eigenvalue weighted by molar-refractivity contribution is 5.75. The quantitative estimate of drug-likeness (QED) is 0.679. The zero-order chi connectivity index (χ0) is 10.6. The monoisotopic (exact) mass is 199 g/mol. The first kappa shape index (κ1) is 11.5. The SMILES string of the molecule is CC(C)CN1CCN(CC(N)=O)CC1. The lowest BCUT2D eigenvalue weighted by Gasteiger charge is -2.34. The third kappa shape index (κ3) is 4.07. The molecular formula is C10H21N3O. The van der Waals surface area contributed by atoms with Crippen LogP contribution in [0.5, 0.6) is 0 Å². The van der Waals surface area contributed by atoms with E-state index in [-0.39, 0.29) is 5.91 Å². The fourth-order valence-electron chi connectivity index (χ4n) is 1.87. The summed E-state index contributed by atoms with van der Waals surface area (Å²) in [6.45, 7) is 10.1. The van der Waals surface area contributed by atoms with Crippen LogP contribution < -0.4 is 5.73 Å². The van der Waals surface area contributed by atoms with E-state index in [2.05, 4.69) is 23.6 Å². The molecule has 0 spiro atoms. The summed E-state index contributed by atoms with van der Waals surface area (Å²) < 4.78 is 0. The molecule has 4 nitrogen and oxygen atoms in total. The summed E-state index contributed by atoms with van der Waals surface area (Å²) in [6, 6.07) is 0. The van der Waals surface area contributed by atoms with E-state index in [0.717, 1.165) is 38.6 Å². The number of amides is 1. The fraction of sp³-hybridized carbons (Fsp3) is 0.900. The minimum atomic E-state index is -0.220. The van der Waals surface area contributed by atoms with Gasteiger partial charge in [0.2, 0.25) is 5.91 Å². The van der Waals surface area contributed by atoms with Crippen molar-refractivity contribution in [1.82, 2.24) is 9.80 Å². The Bertz CT molecular complexity index is 186. The van der Waals surface area contributed by atoms with Gasteiger partial charge in [-0.25, -0.2) is 0 Å². The lowest BCUT2D eigenvalue weighted by Crippen LogP contribution is -2.49. The lowest BCUT2D eigenvalue weighted by molar-refractivity contribution is -0.119. The van der Waals surface area contributed by atoms with Crippen molar-refractivity contribution in [2.24, 2.45) is 11.7 Å². The smallest absolute Gasteiger partial charge is 0.231 e. The van der Waals surface area contributed by atoms with E-state index < -0.39 is 0 Å². The van der Waals surface area contributed by atoms with Gasteiger partial charge in [0, 0.05) is 32.7 Å². The van der Waals surface area contributed by atoms with Crippen LogP contribution >= 0.6 is 0 Å². The average molecular weight is 199 g/mol. The number of hydrogen-bond donors (Lipinski definition) is 1. The molecule has 0 aliphatic carbocycles. The predicted octanol–water partition coefficient (Wildman–Crippen LogP) is -0.255. The van der Waals surface area contributed by atoms with E-state index in [9.17, 15) is 4.79 Å². The molecule has 0 saturated carbocycles. The standard InChI is InChI=1S/C10H21N3O/c1-9(2)7-12-3-5-13(6-4-12)8-10(11)14/h9H,3-8H2,1-2H3,(H2,11,14). The van der Waals surface area contributed by atoms with Crippen molar-refractivity contribution in [3.63, 3.8) is 0 Å². The number of nitrogens with two attached hydrogens (primary N) is 1. The molecule has 1 fully saturated rings. The minimum Gasteiger partial charge on any atom is -0.369 e. The van der Waals surface area contributed by atoms with Crippen LogP contribution in [-0.2, 0) is 4.79 Å². The Morgan fingerprint density at radius 3 is 2.14 bits per heavy atom. The summed E-state index contributed by atoms with van der Waals surface area (Å²) in [4.78, 5) is 15.3. The molecule has 1 rings (SSSR count). The third-order valence-electron chi connectivity index (χ3n) is 2.47. The van der Waals surface area contributed by atoms with Crippen molar-refractivity contribution in [2.45, 2.75) is 13.8 Å². The molecule has 4 heteroatoms. The van der Waals surface area contributed by atoms with Gasteiger partial charge >= 0.3 is 0 Å². The third-order valence-corrected chi connectivity index (χ3v) is 2.47. The first-order valence-corrected chi connectivity index (χ1v) is 5.31. The number of carbonyl (C=O) groups excluding carboxylic acids is 1. The summed E-state index contributed by atoms with van der Waals surface area (Å²) in [7, 11) is 0. The fourth-order valence-corrected chi connectivity index (χ4v) is 1.87. The number of nitrogens with zero attached hydrogens (tertiary/aromatic N) is 2. The summed E-state index contributed by atoms with van der Waals surface area (Å²) in [5, 5.41) is 0. The highest BCUT2D eigenvalue weighted by Crippen LogP contribution is 2.04. The second-order valence-electron chi connectivity index (χ2n) is 4.44. The molecule has 1 aliphatic rings. The second-order valence-corrected chi connectivity index (χ2v) is 4.44. The Morgan fingerprint density at radius 1 is 1.21 bits per heavy atom. The highest BCUT2D eigenvalue weighted by Gasteiger charge is 2.17. The van der Waals surface area contributed by atoms with E-state index in [1.165, 1.54) is 0 Å². The van der Waals surface area contributed by atoms with Crippen molar-refractivity contribution < 1.29 is 4.79 Å². The molecular weight excluding hydrogens is 178 g/mol. The van der Waals surface area contributed by atoms with Crippen molar-refractivity contribution in [3.05, 3.63) is 0 Å². The van der Waals surface area contributed by atoms with Gasteiger partial charge in [-0.2, -0.15) is 0 Å². The van der Waals surface area contributed by atoms with Gasteiger partial charge in [-0.3, -0.25) is 9.69 Å². The van der Waals surface area contributed by atoms with Crippen molar-refractivity contribution in [3.8, 4) is 0 Å². The molecule has 2 N–H and O–H groups in total. The van der Waals surface area contributed by atoms with Crippen molar-refractivity contribution >= 4 is 5.91 Å². The first-order chi connectivity index (χ1) is 6.58. The number of carbonyl (C=O) groups is 1. The summed E-state index contributed by atoms with van der Waals surface area (Å²) in [6.07, 6.45) is 0. The van der Waals surface area contributed by atoms with Crippen LogP contribution in [0.4, 0.5) is 0 Å². The molecule has 1 amide bonds. The second kappa shape index (κ2) is 5.32. The zero-order valence-electron chi connectivity index (χ0n) is 9.20. The molecule has 0 unspecified atom stereocenters. The molecule has 0 bridgehead atoms. The Balaban J connectivity index is 2.21. The molecule has 0 atom stereocenters. The van der Waals surface area contributed by atoms with Crippen LogP contribution in [-0.4, -0.2) is 55.0 Å². The number of hydrogen-bond acceptors (Lipinski definition) is 3. The Morgan fingerprint density at radius 2 is 1.71 bits per heavy atom. The number of primary amides is 1. The summed E-state index contributed by atoms with van der Waals surface area (Å²) in [5.41, 5.74) is 5.14. The minimum absolute atomic E-state index is 0.220. The molecule has 0 aromatic heterocycles. The van der Waals surface area contributed by atoms with Crippen molar-refractivity contribution in [1.29, 1.82) is 0 Å². The van der Waals surface area contributed by atoms with E-state index in [0.29, 0.717) is 6.54 Å². The van der Waals surface area contributed by atoms with Gasteiger partial charge in [-0.05, 0) is 5.92 Å². The van der Waals surface area contributed by atoms with E-state index in [1.54, 1.807) is 0 Å². The lowest BCUT2D eigenvalue weighted by atomic mass is 10.2. The van der Waals surface area contributed by atoms with E-state index in [4.69, 9.17) is 5.73 Å². The maximum Gasteiger partial charge on any atom is 0.231 e. The summed E-state index contributed by atoms with van der Waals surface area (Å²) in [5.74, 6) is 0.500. The van der Waals surface area contributed by atoms with Gasteiger partial charge in [0.15, 0.2) is 0 Å². The van der Waals surface area contributed by atoms with Gasteiger partial charge in [0.05, 0.1) is 6.54 Å². The molecule has 0 aromatic carbocycles. The van der Waals surface area contributed by atoms with Crippen LogP contribution in [0.3, 0.4) is 0 Å². The maximum absolute atomic E-state index is 10.7. The molecule has 14 heavy (non-hydrogen) atoms. The topological polar surface area (TPSA) is 49.6 Å². The van der Waals surface area contributed by atoms with Gasteiger partial charge in [-0.1, -0.05) is 13.8 Å². The Labute approximate surface area is 86.0 Å². The van der Waals surface area contributed by atoms with Gasteiger partial charge in [-0.15, -0.1) is 0 Å². The normalized spacial score (nSPS) is 20.2. The van der Waals surface area contributed by atoms with Crippen LogP contribution in [0.15, 0.2) is 0 Å².